The SMILES string of the molecule is COc1cc(CCCOC(=O)[C@@H]2CCCCN2C(=O)C(=O)C(C)(C)CO)cc(OC)c1OC. The maximum Gasteiger partial charge on any atom is 0.328 e. The van der Waals surface area contributed by atoms with E-state index in [9.17, 15) is 19.5 Å². The highest BCUT2D eigenvalue weighted by molar-refractivity contribution is 6.38. The molecule has 1 fully saturated rings. The van der Waals surface area contributed by atoms with E-state index in [1.807, 2.05) is 12.1 Å². The first-order valence-corrected chi connectivity index (χ1v) is 11.1. The Morgan fingerprint density at radius 1 is 1.06 bits per heavy atom. The molecule has 1 saturated heterocycles. The van der Waals surface area contributed by atoms with Gasteiger partial charge in [0.1, 0.15) is 6.04 Å². The van der Waals surface area contributed by atoms with Crippen molar-refractivity contribution < 1.29 is 38.4 Å². The van der Waals surface area contributed by atoms with E-state index < -0.39 is 35.7 Å². The third-order valence-corrected chi connectivity index (χ3v) is 5.82. The number of rotatable bonds is 11. The second kappa shape index (κ2) is 11.9. The number of Topliss-reactive ketones (excluding diaryl/α,β-unsaturated/α-hetero) is 1. The van der Waals surface area contributed by atoms with Gasteiger partial charge in [-0.05, 0) is 49.8 Å². The monoisotopic (exact) mass is 465 g/mol. The Balaban J connectivity index is 1.97. The van der Waals surface area contributed by atoms with E-state index in [2.05, 4.69) is 0 Å². The highest BCUT2D eigenvalue weighted by Gasteiger charge is 2.41. The predicted octanol–water partition coefficient (Wildman–Crippen LogP) is 2.16. The summed E-state index contributed by atoms with van der Waals surface area (Å²) in [6.45, 7) is 3.06. The minimum Gasteiger partial charge on any atom is -0.493 e. The smallest absolute Gasteiger partial charge is 0.328 e. The fraction of sp³-hybridized carbons (Fsp3) is 0.625. The molecule has 0 aromatic heterocycles. The second-order valence-electron chi connectivity index (χ2n) is 8.69. The molecule has 9 heteroatoms. The molecule has 1 N–H and O–H groups in total. The van der Waals surface area contributed by atoms with Gasteiger partial charge in [-0.25, -0.2) is 4.79 Å². The zero-order valence-corrected chi connectivity index (χ0v) is 20.1. The van der Waals surface area contributed by atoms with E-state index in [1.165, 1.54) is 25.9 Å². The number of carbonyl (C=O) groups is 3. The summed E-state index contributed by atoms with van der Waals surface area (Å²) in [7, 11) is 4.64. The van der Waals surface area contributed by atoms with Gasteiger partial charge < -0.3 is 29.0 Å². The molecule has 0 unspecified atom stereocenters. The molecule has 1 heterocycles. The first-order chi connectivity index (χ1) is 15.7. The number of ketones is 1. The van der Waals surface area contributed by atoms with Crippen LogP contribution in [0.3, 0.4) is 0 Å². The van der Waals surface area contributed by atoms with Gasteiger partial charge in [0.05, 0.1) is 40.0 Å². The third kappa shape index (κ3) is 6.37. The van der Waals surface area contributed by atoms with Crippen LogP contribution in [0.25, 0.3) is 0 Å². The molecule has 2 rings (SSSR count). The number of aryl methyl sites for hydroxylation is 1. The Labute approximate surface area is 194 Å². The van der Waals surface area contributed by atoms with Crippen LogP contribution in [0.5, 0.6) is 17.2 Å². The summed E-state index contributed by atoms with van der Waals surface area (Å²) in [4.78, 5) is 39.2. The van der Waals surface area contributed by atoms with Gasteiger partial charge in [-0.3, -0.25) is 9.59 Å². The van der Waals surface area contributed by atoms with Gasteiger partial charge in [-0.15, -0.1) is 0 Å². The molecular formula is C24H35NO8. The summed E-state index contributed by atoms with van der Waals surface area (Å²) in [6, 6.07) is 2.91. The van der Waals surface area contributed by atoms with Crippen molar-refractivity contribution in [2.24, 2.45) is 5.41 Å². The van der Waals surface area contributed by atoms with Crippen LogP contribution in [0.15, 0.2) is 12.1 Å². The summed E-state index contributed by atoms with van der Waals surface area (Å²) in [5.74, 6) is -0.342. The van der Waals surface area contributed by atoms with Crippen molar-refractivity contribution in [2.45, 2.75) is 52.0 Å². The average molecular weight is 466 g/mol. The molecule has 9 nitrogen and oxygen atoms in total. The van der Waals surface area contributed by atoms with Crippen LogP contribution >= 0.6 is 0 Å². The number of piperidine rings is 1. The number of ether oxygens (including phenoxy) is 4. The molecule has 184 valence electrons. The van der Waals surface area contributed by atoms with E-state index in [0.717, 1.165) is 12.0 Å². The summed E-state index contributed by atoms with van der Waals surface area (Å²) in [5, 5.41) is 9.41. The van der Waals surface area contributed by atoms with Gasteiger partial charge in [0.2, 0.25) is 11.5 Å². The van der Waals surface area contributed by atoms with Gasteiger partial charge >= 0.3 is 5.97 Å². The molecule has 0 radical (unpaired) electrons. The molecule has 0 aliphatic carbocycles. The molecule has 0 spiro atoms. The van der Waals surface area contributed by atoms with Gasteiger partial charge in [0, 0.05) is 6.54 Å². The van der Waals surface area contributed by atoms with Crippen LogP contribution in [-0.2, 0) is 25.5 Å². The van der Waals surface area contributed by atoms with Crippen LogP contribution in [0, 0.1) is 5.41 Å². The van der Waals surface area contributed by atoms with Crippen molar-refractivity contribution >= 4 is 17.7 Å². The summed E-state index contributed by atoms with van der Waals surface area (Å²) >= 11 is 0. The Kier molecular flexibility index (Phi) is 9.52. The lowest BCUT2D eigenvalue weighted by atomic mass is 9.87. The van der Waals surface area contributed by atoms with E-state index >= 15 is 0 Å². The lowest BCUT2D eigenvalue weighted by Gasteiger charge is -2.35. The lowest BCUT2D eigenvalue weighted by Crippen LogP contribution is -2.53. The summed E-state index contributed by atoms with van der Waals surface area (Å²) < 4.78 is 21.5. The van der Waals surface area contributed by atoms with Gasteiger partial charge in [-0.2, -0.15) is 0 Å². The zero-order valence-electron chi connectivity index (χ0n) is 20.1. The average Bonchev–Trinajstić information content (AvgIpc) is 2.84. The number of esters is 1. The molecule has 0 bridgehead atoms. The normalized spacial score (nSPS) is 16.2. The fourth-order valence-corrected chi connectivity index (χ4v) is 3.74. The second-order valence-corrected chi connectivity index (χ2v) is 8.69. The minimum absolute atomic E-state index is 0.171. The summed E-state index contributed by atoms with van der Waals surface area (Å²) in [6.07, 6.45) is 3.10. The molecule has 1 amide bonds. The first-order valence-electron chi connectivity index (χ1n) is 11.1. The van der Waals surface area contributed by atoms with Crippen LogP contribution in [0.1, 0.15) is 45.1 Å². The fourth-order valence-electron chi connectivity index (χ4n) is 3.74. The maximum absolute atomic E-state index is 12.7. The molecule has 0 saturated carbocycles. The Morgan fingerprint density at radius 2 is 1.70 bits per heavy atom. The molecule has 1 aromatic rings. The number of aliphatic hydroxyl groups is 1. The Bertz CT molecular complexity index is 826. The highest BCUT2D eigenvalue weighted by atomic mass is 16.5. The molecule has 1 aliphatic heterocycles. The first kappa shape index (κ1) is 26.4. The number of hydrogen-bond donors (Lipinski definition) is 1. The number of carbonyl (C=O) groups excluding carboxylic acids is 3. The molecule has 1 aliphatic rings. The van der Waals surface area contributed by atoms with Gasteiger partial charge in [0.15, 0.2) is 11.5 Å². The van der Waals surface area contributed by atoms with Crippen molar-refractivity contribution in [1.82, 2.24) is 4.90 Å². The third-order valence-electron chi connectivity index (χ3n) is 5.82. The maximum atomic E-state index is 12.7. The van der Waals surface area contributed by atoms with E-state index in [4.69, 9.17) is 18.9 Å². The predicted molar refractivity (Wildman–Crippen MR) is 121 cm³/mol. The van der Waals surface area contributed by atoms with Crippen LogP contribution in [0.2, 0.25) is 0 Å². The minimum atomic E-state index is -1.19. The van der Waals surface area contributed by atoms with Crippen molar-refractivity contribution in [3.8, 4) is 17.2 Å². The van der Waals surface area contributed by atoms with Crippen molar-refractivity contribution in [3.05, 3.63) is 17.7 Å². The molecule has 1 aromatic carbocycles. The molecule has 33 heavy (non-hydrogen) atoms. The Hall–Kier alpha value is -2.81. The van der Waals surface area contributed by atoms with Crippen LogP contribution in [0.4, 0.5) is 0 Å². The largest absolute Gasteiger partial charge is 0.493 e. The number of likely N-dealkylation sites (tertiary alicyclic amines) is 1. The number of nitrogens with zero attached hydrogens (tertiary/aromatic N) is 1. The van der Waals surface area contributed by atoms with E-state index in [1.54, 1.807) is 14.2 Å². The van der Waals surface area contributed by atoms with Gasteiger partial charge in [0.25, 0.3) is 5.91 Å². The van der Waals surface area contributed by atoms with Crippen molar-refractivity contribution in [2.75, 3.05) is 41.1 Å². The highest BCUT2D eigenvalue weighted by Crippen LogP contribution is 2.38. The molecular weight excluding hydrogens is 430 g/mol. The lowest BCUT2D eigenvalue weighted by molar-refractivity contribution is -0.161. The number of benzene rings is 1. The number of aliphatic hydroxyl groups excluding tert-OH is 1. The van der Waals surface area contributed by atoms with Crippen LogP contribution < -0.4 is 14.2 Å². The summed E-state index contributed by atoms with van der Waals surface area (Å²) in [5.41, 5.74) is -0.254. The van der Waals surface area contributed by atoms with E-state index in [-0.39, 0.29) is 6.61 Å². The standard InChI is InChI=1S/C24H35NO8/c1-24(2,15-26)21(27)22(28)25-11-7-6-10-17(25)23(29)33-12-8-9-16-13-18(30-3)20(32-5)19(14-16)31-4/h13-14,17,26H,6-12,15H2,1-5H3/t17-/m0/s1. The van der Waals surface area contributed by atoms with Crippen LogP contribution in [-0.4, -0.2) is 74.8 Å². The number of hydrogen-bond acceptors (Lipinski definition) is 8. The Morgan fingerprint density at radius 3 is 2.24 bits per heavy atom. The van der Waals surface area contributed by atoms with E-state index in [0.29, 0.717) is 49.5 Å². The van der Waals surface area contributed by atoms with Crippen molar-refractivity contribution in [1.29, 1.82) is 0 Å². The number of methoxy groups -OCH3 is 3. The van der Waals surface area contributed by atoms with Crippen molar-refractivity contribution in [3.63, 3.8) is 0 Å². The quantitative estimate of drug-likeness (QED) is 0.301. The topological polar surface area (TPSA) is 112 Å². The number of amides is 1. The zero-order chi connectivity index (χ0) is 24.6. The molecule has 1 atom stereocenters. The van der Waals surface area contributed by atoms with Gasteiger partial charge in [-0.1, -0.05) is 13.8 Å².